The van der Waals surface area contributed by atoms with Crippen LogP contribution in [0.3, 0.4) is 0 Å². The second kappa shape index (κ2) is 8.28. The zero-order valence-electron chi connectivity index (χ0n) is 16.9. The number of fused-ring (bicyclic) bond motifs is 2. The van der Waals surface area contributed by atoms with E-state index in [2.05, 4.69) is 10.4 Å². The number of hydrogen-bond donors (Lipinski definition) is 1. The molecule has 5 rings (SSSR count). The third-order valence-corrected chi connectivity index (χ3v) is 5.71. The van der Waals surface area contributed by atoms with Gasteiger partial charge in [-0.15, -0.1) is 5.10 Å². The molecule has 0 bridgehead atoms. The Morgan fingerprint density at radius 3 is 2.58 bits per heavy atom. The van der Waals surface area contributed by atoms with Crippen molar-refractivity contribution in [1.29, 1.82) is 0 Å². The van der Waals surface area contributed by atoms with E-state index in [0.29, 0.717) is 23.2 Å². The summed E-state index contributed by atoms with van der Waals surface area (Å²) in [5.74, 6) is 0.528. The molecule has 0 fully saturated rings. The molecule has 2 aliphatic heterocycles. The van der Waals surface area contributed by atoms with Gasteiger partial charge in [-0.25, -0.2) is 5.01 Å². The topological polar surface area (TPSA) is 66.3 Å². The maximum absolute atomic E-state index is 13.0. The quantitative estimate of drug-likeness (QED) is 0.694. The average molecular weight is 429 g/mol. The van der Waals surface area contributed by atoms with Gasteiger partial charge < -0.3 is 4.74 Å². The standard InChI is InChI=1S/C24H20N4O2S/c1-31-24-26-23(29)21-17-11-5-7-13-19(17)25-22(28(21)27-24)18-12-6-8-14-20(18)30-15-16-9-3-2-4-10-16/h2-14,22H,15H2,1H3,(H,26,27,29). The van der Waals surface area contributed by atoms with Crippen LogP contribution >= 0.6 is 11.8 Å². The van der Waals surface area contributed by atoms with Crippen LogP contribution in [0, 0.1) is 0 Å². The van der Waals surface area contributed by atoms with E-state index >= 15 is 0 Å². The number of amidine groups is 1. The number of benzene rings is 3. The number of amides is 1. The molecule has 0 radical (unpaired) electrons. The molecule has 31 heavy (non-hydrogen) atoms. The Morgan fingerprint density at radius 2 is 1.74 bits per heavy atom. The Kier molecular flexibility index (Phi) is 5.18. The summed E-state index contributed by atoms with van der Waals surface area (Å²) in [4.78, 5) is 17.9. The Bertz CT molecular complexity index is 1290. The Morgan fingerprint density at radius 1 is 1.00 bits per heavy atom. The number of para-hydroxylation sites is 2. The van der Waals surface area contributed by atoms with Gasteiger partial charge in [-0.3, -0.25) is 15.1 Å². The van der Waals surface area contributed by atoms with Crippen LogP contribution in [0.25, 0.3) is 5.70 Å². The SMILES string of the molecule is CSC1=NN2C(=c3ccccc3=NC2c2ccccc2OCc2ccccc2)C(=O)N1. The molecule has 6 nitrogen and oxygen atoms in total. The van der Waals surface area contributed by atoms with Gasteiger partial charge in [-0.05, 0) is 24.0 Å². The minimum atomic E-state index is -0.509. The van der Waals surface area contributed by atoms with Gasteiger partial charge in [0.25, 0.3) is 5.91 Å². The lowest BCUT2D eigenvalue weighted by atomic mass is 10.1. The minimum Gasteiger partial charge on any atom is -0.488 e. The van der Waals surface area contributed by atoms with Crippen molar-refractivity contribution >= 4 is 28.5 Å². The zero-order chi connectivity index (χ0) is 21.2. The first-order valence-electron chi connectivity index (χ1n) is 9.90. The molecule has 1 unspecified atom stereocenters. The number of carbonyl (C=O) groups is 1. The van der Waals surface area contributed by atoms with Crippen molar-refractivity contribution in [3.8, 4) is 5.75 Å². The highest BCUT2D eigenvalue weighted by molar-refractivity contribution is 8.13. The Balaban J connectivity index is 1.61. The monoisotopic (exact) mass is 428 g/mol. The van der Waals surface area contributed by atoms with Gasteiger partial charge in [0.1, 0.15) is 18.1 Å². The molecule has 0 aliphatic carbocycles. The van der Waals surface area contributed by atoms with Crippen molar-refractivity contribution in [3.63, 3.8) is 0 Å². The fourth-order valence-corrected chi connectivity index (χ4v) is 4.05. The third-order valence-electron chi connectivity index (χ3n) is 5.14. The summed E-state index contributed by atoms with van der Waals surface area (Å²) >= 11 is 1.39. The molecule has 1 amide bonds. The second-order valence-electron chi connectivity index (χ2n) is 7.09. The normalized spacial score (nSPS) is 17.1. The molecule has 7 heteroatoms. The highest BCUT2D eigenvalue weighted by atomic mass is 32.2. The van der Waals surface area contributed by atoms with Crippen molar-refractivity contribution < 1.29 is 9.53 Å². The summed E-state index contributed by atoms with van der Waals surface area (Å²) in [5.41, 5.74) is 2.42. The van der Waals surface area contributed by atoms with E-state index in [1.54, 1.807) is 5.01 Å². The van der Waals surface area contributed by atoms with Crippen LogP contribution in [0.1, 0.15) is 17.3 Å². The number of thioether (sulfide) groups is 1. The highest BCUT2D eigenvalue weighted by Crippen LogP contribution is 2.35. The van der Waals surface area contributed by atoms with Crippen molar-refractivity contribution in [2.75, 3.05) is 6.26 Å². The number of hydrazone groups is 1. The van der Waals surface area contributed by atoms with Crippen molar-refractivity contribution in [3.05, 3.63) is 101 Å². The van der Waals surface area contributed by atoms with Gasteiger partial charge in [-0.2, -0.15) is 0 Å². The second-order valence-corrected chi connectivity index (χ2v) is 7.88. The highest BCUT2D eigenvalue weighted by Gasteiger charge is 2.35. The molecule has 2 aliphatic rings. The molecular formula is C24H20N4O2S. The zero-order valence-corrected chi connectivity index (χ0v) is 17.7. The maximum Gasteiger partial charge on any atom is 0.276 e. The smallest absolute Gasteiger partial charge is 0.276 e. The van der Waals surface area contributed by atoms with Crippen LogP contribution in [-0.2, 0) is 11.4 Å². The van der Waals surface area contributed by atoms with Crippen LogP contribution in [0.4, 0.5) is 0 Å². The molecule has 154 valence electrons. The summed E-state index contributed by atoms with van der Waals surface area (Å²) in [6.45, 7) is 0.442. The molecular weight excluding hydrogens is 408 g/mol. The average Bonchev–Trinajstić information content (AvgIpc) is 2.82. The number of rotatable bonds is 4. The molecule has 1 atom stereocenters. The van der Waals surface area contributed by atoms with Gasteiger partial charge in [0.2, 0.25) is 0 Å². The van der Waals surface area contributed by atoms with E-state index in [1.807, 2.05) is 85.1 Å². The summed E-state index contributed by atoms with van der Waals surface area (Å²) in [6.07, 6.45) is 1.37. The van der Waals surface area contributed by atoms with Gasteiger partial charge in [0.15, 0.2) is 11.3 Å². The van der Waals surface area contributed by atoms with E-state index in [0.717, 1.165) is 21.7 Å². The predicted molar refractivity (Wildman–Crippen MR) is 122 cm³/mol. The fraction of sp³-hybridized carbons (Fsp3) is 0.125. The van der Waals surface area contributed by atoms with Crippen molar-refractivity contribution in [2.45, 2.75) is 12.8 Å². The first-order valence-corrected chi connectivity index (χ1v) is 11.1. The largest absolute Gasteiger partial charge is 0.488 e. The summed E-state index contributed by atoms with van der Waals surface area (Å²) in [7, 11) is 0. The van der Waals surface area contributed by atoms with Gasteiger partial charge >= 0.3 is 0 Å². The molecule has 1 N–H and O–H groups in total. The maximum atomic E-state index is 13.0. The molecule has 0 spiro atoms. The van der Waals surface area contributed by atoms with E-state index in [4.69, 9.17) is 9.73 Å². The summed E-state index contributed by atoms with van der Waals surface area (Å²) in [5, 5.41) is 11.3. The Hall–Kier alpha value is -3.58. The lowest BCUT2D eigenvalue weighted by molar-refractivity contribution is -0.116. The molecule has 3 aromatic rings. The third kappa shape index (κ3) is 3.68. The molecule has 0 saturated carbocycles. The first-order chi connectivity index (χ1) is 15.2. The fourth-order valence-electron chi connectivity index (χ4n) is 3.68. The van der Waals surface area contributed by atoms with Crippen LogP contribution in [-0.4, -0.2) is 22.3 Å². The number of carbonyl (C=O) groups excluding carboxylic acids is 1. The lowest BCUT2D eigenvalue weighted by Gasteiger charge is -2.34. The van der Waals surface area contributed by atoms with Gasteiger partial charge in [0.05, 0.1) is 5.36 Å². The number of ether oxygens (including phenoxy) is 1. The van der Waals surface area contributed by atoms with Gasteiger partial charge in [0, 0.05) is 10.8 Å². The van der Waals surface area contributed by atoms with Crippen LogP contribution < -0.4 is 20.6 Å². The van der Waals surface area contributed by atoms with Crippen LogP contribution in [0.2, 0.25) is 0 Å². The van der Waals surface area contributed by atoms with Crippen LogP contribution in [0.15, 0.2) is 89.0 Å². The van der Waals surface area contributed by atoms with E-state index in [9.17, 15) is 4.79 Å². The molecule has 3 aromatic carbocycles. The predicted octanol–water partition coefficient (Wildman–Crippen LogP) is 2.77. The van der Waals surface area contributed by atoms with Crippen molar-refractivity contribution in [2.24, 2.45) is 10.1 Å². The Labute approximate surface area is 184 Å². The summed E-state index contributed by atoms with van der Waals surface area (Å²) < 4.78 is 6.17. The van der Waals surface area contributed by atoms with E-state index in [1.165, 1.54) is 11.8 Å². The van der Waals surface area contributed by atoms with Crippen LogP contribution in [0.5, 0.6) is 5.75 Å². The first kappa shape index (κ1) is 19.4. The summed E-state index contributed by atoms with van der Waals surface area (Å²) in [6, 6.07) is 25.4. The molecule has 2 heterocycles. The van der Waals surface area contributed by atoms with Gasteiger partial charge in [-0.1, -0.05) is 78.5 Å². The number of nitrogens with one attached hydrogen (secondary N) is 1. The van der Waals surface area contributed by atoms with E-state index < -0.39 is 6.17 Å². The number of nitrogens with zero attached hydrogens (tertiary/aromatic N) is 3. The molecule has 0 aromatic heterocycles. The minimum absolute atomic E-state index is 0.186. The number of hydrogen-bond acceptors (Lipinski definition) is 6. The van der Waals surface area contributed by atoms with E-state index in [-0.39, 0.29) is 5.91 Å². The van der Waals surface area contributed by atoms with Crippen molar-refractivity contribution in [1.82, 2.24) is 10.3 Å². The molecule has 0 saturated heterocycles. The lowest BCUT2D eigenvalue weighted by Crippen LogP contribution is -2.50.